The molecule has 0 aliphatic rings. The summed E-state index contributed by atoms with van der Waals surface area (Å²) in [5, 5.41) is 2.66. The summed E-state index contributed by atoms with van der Waals surface area (Å²) in [5.74, 6) is -3.53. The van der Waals surface area contributed by atoms with Gasteiger partial charge < -0.3 is 15.8 Å². The topological polar surface area (TPSA) is 47.3 Å². The lowest BCUT2D eigenvalue weighted by molar-refractivity contribution is 0.318. The smallest absolute Gasteiger partial charge is 0.196 e. The lowest BCUT2D eigenvalue weighted by Gasteiger charge is -2.12. The summed E-state index contributed by atoms with van der Waals surface area (Å²) in [6, 6.07) is 6.74. The molecule has 0 bridgehead atoms. The van der Waals surface area contributed by atoms with Gasteiger partial charge in [0.2, 0.25) is 0 Å². The van der Waals surface area contributed by atoms with Crippen LogP contribution >= 0.6 is 0 Å². The molecule has 112 valence electrons. The number of halogens is 3. The van der Waals surface area contributed by atoms with Crippen LogP contribution in [0.3, 0.4) is 0 Å². The van der Waals surface area contributed by atoms with E-state index in [0.29, 0.717) is 23.7 Å². The number of nitrogens with one attached hydrogen (secondary N) is 1. The number of hydrogen-bond donors (Lipinski definition) is 2. The molecule has 0 saturated carbocycles. The van der Waals surface area contributed by atoms with Crippen LogP contribution in [0.15, 0.2) is 30.3 Å². The zero-order valence-corrected chi connectivity index (χ0v) is 11.4. The fraction of sp³-hybridized carbons (Fsp3) is 0.200. The van der Waals surface area contributed by atoms with Gasteiger partial charge in [-0.3, -0.25) is 0 Å². The van der Waals surface area contributed by atoms with Crippen molar-refractivity contribution in [2.24, 2.45) is 0 Å². The van der Waals surface area contributed by atoms with Gasteiger partial charge in [0.1, 0.15) is 5.75 Å². The molecule has 2 aromatic rings. The summed E-state index contributed by atoms with van der Waals surface area (Å²) >= 11 is 0. The van der Waals surface area contributed by atoms with Crippen molar-refractivity contribution in [2.75, 3.05) is 17.7 Å². The molecule has 0 heterocycles. The Morgan fingerprint density at radius 1 is 1.10 bits per heavy atom. The van der Waals surface area contributed by atoms with Gasteiger partial charge in [-0.2, -0.15) is 0 Å². The van der Waals surface area contributed by atoms with Crippen LogP contribution in [-0.4, -0.2) is 6.61 Å². The van der Waals surface area contributed by atoms with E-state index in [1.165, 1.54) is 0 Å². The van der Waals surface area contributed by atoms with Gasteiger partial charge in [0.25, 0.3) is 0 Å². The van der Waals surface area contributed by atoms with Crippen LogP contribution in [-0.2, 0) is 0 Å². The highest BCUT2D eigenvalue weighted by atomic mass is 19.2. The van der Waals surface area contributed by atoms with Crippen molar-refractivity contribution < 1.29 is 17.9 Å². The van der Waals surface area contributed by atoms with E-state index in [2.05, 4.69) is 5.32 Å². The minimum Gasteiger partial charge on any atom is -0.493 e. The summed E-state index contributed by atoms with van der Waals surface area (Å²) in [4.78, 5) is 0. The molecule has 0 unspecified atom stereocenters. The fourth-order valence-corrected chi connectivity index (χ4v) is 1.78. The van der Waals surface area contributed by atoms with E-state index in [1.54, 1.807) is 18.2 Å². The monoisotopic (exact) mass is 296 g/mol. The molecule has 21 heavy (non-hydrogen) atoms. The predicted octanol–water partition coefficient (Wildman–Crippen LogP) is 4.22. The molecule has 0 radical (unpaired) electrons. The van der Waals surface area contributed by atoms with Crippen LogP contribution in [0.25, 0.3) is 0 Å². The molecule has 6 heteroatoms. The molecule has 0 amide bonds. The van der Waals surface area contributed by atoms with Gasteiger partial charge in [-0.05, 0) is 24.6 Å². The third-order valence-corrected chi connectivity index (χ3v) is 2.72. The lowest BCUT2D eigenvalue weighted by atomic mass is 10.2. The zero-order valence-electron chi connectivity index (χ0n) is 11.4. The van der Waals surface area contributed by atoms with E-state index in [1.807, 2.05) is 6.92 Å². The molecule has 0 fully saturated rings. The molecule has 0 aliphatic heterocycles. The van der Waals surface area contributed by atoms with Crippen molar-refractivity contribution in [1.29, 1.82) is 0 Å². The number of anilines is 3. The van der Waals surface area contributed by atoms with Gasteiger partial charge >= 0.3 is 0 Å². The third-order valence-electron chi connectivity index (χ3n) is 2.72. The number of hydrogen-bond acceptors (Lipinski definition) is 3. The number of ether oxygens (including phenoxy) is 1. The average Bonchev–Trinajstić information content (AvgIpc) is 2.45. The molecule has 0 atom stereocenters. The minimum atomic E-state index is -1.52. The van der Waals surface area contributed by atoms with Crippen molar-refractivity contribution in [3.63, 3.8) is 0 Å². The minimum absolute atomic E-state index is 0.180. The van der Waals surface area contributed by atoms with Crippen LogP contribution in [0.4, 0.5) is 30.2 Å². The molecule has 0 saturated heterocycles. The maximum atomic E-state index is 13.6. The zero-order chi connectivity index (χ0) is 15.4. The van der Waals surface area contributed by atoms with E-state index in [4.69, 9.17) is 10.5 Å². The quantitative estimate of drug-likeness (QED) is 0.641. The first-order valence-electron chi connectivity index (χ1n) is 6.45. The maximum Gasteiger partial charge on any atom is 0.196 e. The van der Waals surface area contributed by atoms with Crippen LogP contribution in [0.1, 0.15) is 13.3 Å². The Kier molecular flexibility index (Phi) is 4.57. The molecule has 3 N–H and O–H groups in total. The first-order chi connectivity index (χ1) is 10.0. The molecule has 0 aliphatic carbocycles. The standard InChI is InChI=1S/C15H15F3N2O/c1-2-5-21-11-7-9(19)6-10(8-11)20-13-4-3-12(16)14(17)15(13)18/h3-4,6-8,20H,2,5,19H2,1H3. The number of rotatable bonds is 5. The summed E-state index contributed by atoms with van der Waals surface area (Å²) < 4.78 is 45.1. The van der Waals surface area contributed by atoms with E-state index in [9.17, 15) is 13.2 Å². The fourth-order valence-electron chi connectivity index (χ4n) is 1.78. The van der Waals surface area contributed by atoms with Crippen molar-refractivity contribution in [2.45, 2.75) is 13.3 Å². The second-order valence-electron chi connectivity index (χ2n) is 4.49. The molecule has 0 spiro atoms. The lowest BCUT2D eigenvalue weighted by Crippen LogP contribution is -2.01. The largest absolute Gasteiger partial charge is 0.493 e. The van der Waals surface area contributed by atoms with Gasteiger partial charge in [-0.15, -0.1) is 0 Å². The second-order valence-corrected chi connectivity index (χ2v) is 4.49. The van der Waals surface area contributed by atoms with E-state index >= 15 is 0 Å². The van der Waals surface area contributed by atoms with Crippen LogP contribution in [0.5, 0.6) is 5.75 Å². The van der Waals surface area contributed by atoms with Gasteiger partial charge in [0, 0.05) is 23.5 Å². The predicted molar refractivity (Wildman–Crippen MR) is 76.2 cm³/mol. The van der Waals surface area contributed by atoms with Gasteiger partial charge in [0.15, 0.2) is 17.5 Å². The highest BCUT2D eigenvalue weighted by Gasteiger charge is 2.13. The Morgan fingerprint density at radius 2 is 1.86 bits per heavy atom. The third kappa shape index (κ3) is 3.59. The number of nitrogen functional groups attached to an aromatic ring is 1. The summed E-state index contributed by atoms with van der Waals surface area (Å²) in [6.45, 7) is 2.48. The van der Waals surface area contributed by atoms with E-state index in [-0.39, 0.29) is 5.69 Å². The van der Waals surface area contributed by atoms with Gasteiger partial charge in [-0.1, -0.05) is 6.92 Å². The number of benzene rings is 2. The second kappa shape index (κ2) is 6.39. The Bertz CT molecular complexity index is 647. The molecule has 0 aromatic heterocycles. The van der Waals surface area contributed by atoms with Crippen LogP contribution in [0.2, 0.25) is 0 Å². The maximum absolute atomic E-state index is 13.6. The Labute approximate surface area is 120 Å². The summed E-state index contributed by atoms with van der Waals surface area (Å²) in [6.07, 6.45) is 0.829. The first-order valence-corrected chi connectivity index (χ1v) is 6.45. The van der Waals surface area contributed by atoms with Crippen molar-refractivity contribution >= 4 is 17.1 Å². The Hall–Kier alpha value is -2.37. The molecular weight excluding hydrogens is 281 g/mol. The summed E-state index contributed by atoms with van der Waals surface area (Å²) in [5.41, 5.74) is 6.38. The molecule has 2 aromatic carbocycles. The Balaban J connectivity index is 2.27. The van der Waals surface area contributed by atoms with Crippen molar-refractivity contribution in [3.8, 4) is 5.75 Å². The van der Waals surface area contributed by atoms with Gasteiger partial charge in [0.05, 0.1) is 12.3 Å². The average molecular weight is 296 g/mol. The van der Waals surface area contributed by atoms with Crippen LogP contribution in [0, 0.1) is 17.5 Å². The number of nitrogens with two attached hydrogens (primary N) is 1. The summed E-state index contributed by atoms with van der Waals surface area (Å²) in [7, 11) is 0. The normalized spacial score (nSPS) is 10.5. The highest BCUT2D eigenvalue weighted by molar-refractivity contribution is 5.66. The molecule has 2 rings (SSSR count). The molecular formula is C15H15F3N2O. The highest BCUT2D eigenvalue weighted by Crippen LogP contribution is 2.28. The first kappa shape index (κ1) is 15.0. The Morgan fingerprint density at radius 3 is 2.57 bits per heavy atom. The van der Waals surface area contributed by atoms with E-state index < -0.39 is 17.5 Å². The van der Waals surface area contributed by atoms with Crippen molar-refractivity contribution in [3.05, 3.63) is 47.8 Å². The SMILES string of the molecule is CCCOc1cc(N)cc(Nc2ccc(F)c(F)c2F)c1. The van der Waals surface area contributed by atoms with Crippen molar-refractivity contribution in [1.82, 2.24) is 0 Å². The van der Waals surface area contributed by atoms with Crippen LogP contribution < -0.4 is 15.8 Å². The molecule has 3 nitrogen and oxygen atoms in total. The van der Waals surface area contributed by atoms with E-state index in [0.717, 1.165) is 18.6 Å². The van der Waals surface area contributed by atoms with Gasteiger partial charge in [-0.25, -0.2) is 13.2 Å².